The monoisotopic (exact) mass is 261 g/mol. The third-order valence-electron chi connectivity index (χ3n) is 2.98. The maximum atomic E-state index is 5.82. The van der Waals surface area contributed by atoms with Crippen molar-refractivity contribution >= 4 is 8.56 Å². The van der Waals surface area contributed by atoms with Crippen LogP contribution in [0.5, 0.6) is 0 Å². The van der Waals surface area contributed by atoms with Crippen LogP contribution in [0.3, 0.4) is 0 Å². The molecule has 3 nitrogen and oxygen atoms in total. The number of unbranched alkanes of at least 4 members (excludes halogenated alkanes) is 5. The summed E-state index contributed by atoms with van der Waals surface area (Å²) in [7, 11) is -1.84. The molecule has 2 N–H and O–H groups in total. The van der Waals surface area contributed by atoms with Gasteiger partial charge >= 0.3 is 8.56 Å². The van der Waals surface area contributed by atoms with E-state index >= 15 is 0 Å². The molecule has 0 radical (unpaired) electrons. The van der Waals surface area contributed by atoms with Gasteiger partial charge in [-0.25, -0.2) is 0 Å². The highest BCUT2D eigenvalue weighted by molar-refractivity contribution is 6.66. The molecule has 0 aromatic heterocycles. The van der Waals surface area contributed by atoms with Gasteiger partial charge in [0.15, 0.2) is 0 Å². The van der Waals surface area contributed by atoms with Crippen molar-refractivity contribution in [3.05, 3.63) is 0 Å². The van der Waals surface area contributed by atoms with E-state index in [0.717, 1.165) is 25.8 Å². The van der Waals surface area contributed by atoms with Crippen molar-refractivity contribution in [1.29, 1.82) is 0 Å². The van der Waals surface area contributed by atoms with E-state index in [1.807, 2.05) is 0 Å². The van der Waals surface area contributed by atoms with Gasteiger partial charge in [0, 0.05) is 13.2 Å². The Labute approximate surface area is 108 Å². The molecule has 0 unspecified atom stereocenters. The second-order valence-corrected chi connectivity index (χ2v) is 8.00. The summed E-state index contributed by atoms with van der Waals surface area (Å²) < 4.78 is 11.6. The van der Waals surface area contributed by atoms with Crippen molar-refractivity contribution in [1.82, 2.24) is 0 Å². The van der Waals surface area contributed by atoms with Crippen LogP contribution >= 0.6 is 0 Å². The summed E-state index contributed by atoms with van der Waals surface area (Å²) in [6, 6.07) is 1.13. The fourth-order valence-electron chi connectivity index (χ4n) is 2.09. The van der Waals surface area contributed by atoms with E-state index in [4.69, 9.17) is 14.6 Å². The summed E-state index contributed by atoms with van der Waals surface area (Å²) in [5, 5.41) is 0. The minimum Gasteiger partial charge on any atom is -0.395 e. The Morgan fingerprint density at radius 1 is 0.824 bits per heavy atom. The summed E-state index contributed by atoms with van der Waals surface area (Å²) in [6.07, 6.45) is 7.63. The first-order valence-corrected chi connectivity index (χ1v) is 9.69. The Morgan fingerprint density at radius 3 is 1.76 bits per heavy atom. The maximum absolute atomic E-state index is 5.82. The third kappa shape index (κ3) is 9.77. The van der Waals surface area contributed by atoms with Crippen molar-refractivity contribution in [2.24, 2.45) is 5.73 Å². The highest BCUT2D eigenvalue weighted by Gasteiger charge is 2.29. The molecule has 0 rings (SSSR count). The van der Waals surface area contributed by atoms with Gasteiger partial charge in [0.1, 0.15) is 0 Å². The summed E-state index contributed by atoms with van der Waals surface area (Å²) in [5.74, 6) is 0. The molecule has 0 atom stereocenters. The van der Waals surface area contributed by atoms with Crippen LogP contribution in [-0.2, 0) is 8.85 Å². The lowest BCUT2D eigenvalue weighted by Gasteiger charge is -2.25. The average Bonchev–Trinajstić information content (AvgIpc) is 2.28. The first-order chi connectivity index (χ1) is 8.18. The number of rotatable bonds is 12. The van der Waals surface area contributed by atoms with Gasteiger partial charge in [0.2, 0.25) is 0 Å². The zero-order valence-electron chi connectivity index (χ0n) is 12.0. The Bertz CT molecular complexity index is 161. The molecule has 0 spiro atoms. The Balaban J connectivity index is 3.54. The molecule has 0 aliphatic heterocycles. The van der Waals surface area contributed by atoms with Crippen LogP contribution in [0.2, 0.25) is 12.6 Å². The van der Waals surface area contributed by atoms with Gasteiger partial charge in [-0.05, 0) is 39.4 Å². The molecule has 104 valence electrons. The predicted molar refractivity (Wildman–Crippen MR) is 76.4 cm³/mol. The largest absolute Gasteiger partial charge is 0.395 e. The predicted octanol–water partition coefficient (Wildman–Crippen LogP) is 3.43. The fourth-order valence-corrected chi connectivity index (χ4v) is 4.58. The molecule has 0 heterocycles. The lowest BCUT2D eigenvalue weighted by molar-refractivity contribution is 0.188. The molecule has 0 saturated carbocycles. The van der Waals surface area contributed by atoms with E-state index in [1.54, 1.807) is 0 Å². The van der Waals surface area contributed by atoms with Gasteiger partial charge in [-0.1, -0.05) is 32.1 Å². The van der Waals surface area contributed by atoms with E-state index < -0.39 is 8.56 Å². The van der Waals surface area contributed by atoms with E-state index in [0.29, 0.717) is 0 Å². The molecule has 0 aliphatic rings. The quantitative estimate of drug-likeness (QED) is 0.432. The minimum atomic E-state index is -1.84. The average molecular weight is 261 g/mol. The second kappa shape index (κ2) is 11.2. The molecular formula is C13H31NO2Si. The molecule has 0 bridgehead atoms. The Kier molecular flexibility index (Phi) is 11.3. The van der Waals surface area contributed by atoms with Crippen LogP contribution in [0, 0.1) is 0 Å². The van der Waals surface area contributed by atoms with Crippen LogP contribution < -0.4 is 5.73 Å². The molecular weight excluding hydrogens is 230 g/mol. The first-order valence-electron chi connectivity index (χ1n) is 7.16. The molecule has 0 amide bonds. The second-order valence-electron chi connectivity index (χ2n) is 4.66. The summed E-state index contributed by atoms with van der Waals surface area (Å²) >= 11 is 0. The van der Waals surface area contributed by atoms with Crippen molar-refractivity contribution < 1.29 is 8.85 Å². The van der Waals surface area contributed by atoms with Crippen molar-refractivity contribution in [3.63, 3.8) is 0 Å². The lowest BCUT2D eigenvalue weighted by atomic mass is 10.1. The zero-order valence-corrected chi connectivity index (χ0v) is 13.0. The highest BCUT2D eigenvalue weighted by Crippen LogP contribution is 2.18. The molecule has 17 heavy (non-hydrogen) atoms. The van der Waals surface area contributed by atoms with Crippen LogP contribution in [0.4, 0.5) is 0 Å². The van der Waals surface area contributed by atoms with Crippen molar-refractivity contribution in [3.8, 4) is 0 Å². The van der Waals surface area contributed by atoms with E-state index in [9.17, 15) is 0 Å². The Morgan fingerprint density at radius 2 is 1.29 bits per heavy atom. The summed E-state index contributed by atoms with van der Waals surface area (Å²) in [5.41, 5.74) is 5.47. The zero-order chi connectivity index (χ0) is 13.0. The standard InChI is InChI=1S/C13H31NO2Si/c1-4-15-17(3,16-5-2)13-11-9-7-6-8-10-12-14/h4-14H2,1-3H3. The maximum Gasteiger partial charge on any atom is 0.334 e. The normalized spacial score (nSPS) is 12.0. The molecule has 0 aromatic carbocycles. The third-order valence-corrected chi connectivity index (χ3v) is 6.04. The number of hydrogen-bond donors (Lipinski definition) is 1. The first kappa shape index (κ1) is 17.1. The van der Waals surface area contributed by atoms with Gasteiger partial charge in [0.25, 0.3) is 0 Å². The van der Waals surface area contributed by atoms with E-state index in [2.05, 4.69) is 20.4 Å². The summed E-state index contributed by atoms with van der Waals surface area (Å²) in [6.45, 7) is 8.68. The van der Waals surface area contributed by atoms with Crippen LogP contribution in [0.25, 0.3) is 0 Å². The Hall–Kier alpha value is 0.0969. The van der Waals surface area contributed by atoms with Crippen molar-refractivity contribution in [2.75, 3.05) is 19.8 Å². The van der Waals surface area contributed by atoms with Crippen LogP contribution in [-0.4, -0.2) is 28.3 Å². The van der Waals surface area contributed by atoms with Gasteiger partial charge in [0.05, 0.1) is 0 Å². The van der Waals surface area contributed by atoms with Gasteiger partial charge in [-0.3, -0.25) is 0 Å². The summed E-state index contributed by atoms with van der Waals surface area (Å²) in [4.78, 5) is 0. The van der Waals surface area contributed by atoms with Gasteiger partial charge in [-0.2, -0.15) is 0 Å². The topological polar surface area (TPSA) is 44.5 Å². The SMILES string of the molecule is CCO[Si](C)(CCCCCCCCN)OCC. The number of nitrogens with two attached hydrogens (primary N) is 1. The molecule has 0 aliphatic carbocycles. The van der Waals surface area contributed by atoms with Crippen molar-refractivity contribution in [2.45, 2.75) is 65.0 Å². The molecule has 0 saturated heterocycles. The van der Waals surface area contributed by atoms with E-state index in [1.165, 1.54) is 38.5 Å². The van der Waals surface area contributed by atoms with Crippen LogP contribution in [0.15, 0.2) is 0 Å². The van der Waals surface area contributed by atoms with Gasteiger partial charge in [-0.15, -0.1) is 0 Å². The highest BCUT2D eigenvalue weighted by atomic mass is 28.4. The smallest absolute Gasteiger partial charge is 0.334 e. The number of hydrogen-bond acceptors (Lipinski definition) is 3. The lowest BCUT2D eigenvalue weighted by Crippen LogP contribution is -2.38. The van der Waals surface area contributed by atoms with Crippen LogP contribution in [0.1, 0.15) is 52.4 Å². The molecule has 0 fully saturated rings. The molecule has 0 aromatic rings. The fraction of sp³-hybridized carbons (Fsp3) is 1.00. The minimum absolute atomic E-state index is 0.777. The molecule has 4 heteroatoms. The van der Waals surface area contributed by atoms with E-state index in [-0.39, 0.29) is 0 Å². The van der Waals surface area contributed by atoms with Gasteiger partial charge < -0.3 is 14.6 Å².